The number of benzene rings is 1. The Morgan fingerprint density at radius 2 is 1.88 bits per heavy atom. The monoisotopic (exact) mass is 347 g/mol. The molecule has 0 saturated heterocycles. The number of hydrogen-bond donors (Lipinski definition) is 1. The quantitative estimate of drug-likeness (QED) is 0.574. The molecule has 1 amide bonds. The summed E-state index contributed by atoms with van der Waals surface area (Å²) in [5, 5.41) is 2.77. The Kier molecular flexibility index (Phi) is 6.05. The number of alkyl halides is 4. The minimum absolute atomic E-state index is 0.0424. The number of halogens is 4. The second-order valence-electron chi connectivity index (χ2n) is 5.42. The van der Waals surface area contributed by atoms with Gasteiger partial charge in [0.2, 0.25) is 5.91 Å². The highest BCUT2D eigenvalue weighted by Crippen LogP contribution is 2.32. The van der Waals surface area contributed by atoms with Crippen molar-refractivity contribution in [2.75, 3.05) is 0 Å². The molecule has 1 unspecified atom stereocenters. The molecule has 1 N–H and O–H groups in total. The zero-order chi connectivity index (χ0) is 17.7. The van der Waals surface area contributed by atoms with Crippen molar-refractivity contribution in [3.05, 3.63) is 29.8 Å². The van der Waals surface area contributed by atoms with Gasteiger partial charge in [0, 0.05) is 23.7 Å². The predicted octanol–water partition coefficient (Wildman–Crippen LogP) is 3.82. The molecule has 132 valence electrons. The van der Waals surface area contributed by atoms with Crippen LogP contribution in [0.2, 0.25) is 0 Å². The fourth-order valence-electron chi connectivity index (χ4n) is 2.18. The Labute approximate surface area is 136 Å². The van der Waals surface area contributed by atoms with E-state index in [1.54, 1.807) is 0 Å². The molecule has 1 aliphatic rings. The van der Waals surface area contributed by atoms with Crippen LogP contribution in [0, 0.1) is 5.92 Å². The van der Waals surface area contributed by atoms with Gasteiger partial charge in [-0.1, -0.05) is 0 Å². The van der Waals surface area contributed by atoms with Gasteiger partial charge in [-0.25, -0.2) is 0 Å². The molecule has 0 radical (unpaired) electrons. The van der Waals surface area contributed by atoms with E-state index in [1.807, 2.05) is 6.92 Å². The molecule has 1 aromatic rings. The Morgan fingerprint density at radius 3 is 2.46 bits per heavy atom. The minimum atomic E-state index is -3.14. The van der Waals surface area contributed by atoms with Crippen molar-refractivity contribution in [3.8, 4) is 11.5 Å². The van der Waals surface area contributed by atoms with E-state index >= 15 is 0 Å². The molecule has 0 bridgehead atoms. The van der Waals surface area contributed by atoms with Gasteiger partial charge in [0.15, 0.2) is 0 Å². The van der Waals surface area contributed by atoms with Gasteiger partial charge in [-0.2, -0.15) is 17.6 Å². The molecule has 0 spiro atoms. The highest BCUT2D eigenvalue weighted by molar-refractivity contribution is 5.92. The SMILES string of the molecule is CC(NC(=O)/C=C/c1ccc(OC(F)F)cc1OC(F)F)C1CC1. The van der Waals surface area contributed by atoms with E-state index < -0.39 is 13.2 Å². The van der Waals surface area contributed by atoms with Gasteiger partial charge >= 0.3 is 13.2 Å². The van der Waals surface area contributed by atoms with Gasteiger partial charge in [0.1, 0.15) is 11.5 Å². The van der Waals surface area contributed by atoms with E-state index in [9.17, 15) is 22.4 Å². The summed E-state index contributed by atoms with van der Waals surface area (Å²) in [5.41, 5.74) is 0.145. The van der Waals surface area contributed by atoms with Crippen LogP contribution < -0.4 is 14.8 Å². The molecule has 1 aromatic carbocycles. The summed E-state index contributed by atoms with van der Waals surface area (Å²) in [6.45, 7) is -4.33. The number of rotatable bonds is 8. The first-order valence-electron chi connectivity index (χ1n) is 7.37. The number of nitrogens with one attached hydrogen (secondary N) is 1. The summed E-state index contributed by atoms with van der Waals surface area (Å²) in [5.74, 6) is -0.566. The Morgan fingerprint density at radius 1 is 1.21 bits per heavy atom. The average Bonchev–Trinajstić information content (AvgIpc) is 3.29. The van der Waals surface area contributed by atoms with Crippen LogP contribution in [0.4, 0.5) is 17.6 Å². The van der Waals surface area contributed by atoms with Crippen LogP contribution in [0.5, 0.6) is 11.5 Å². The van der Waals surface area contributed by atoms with E-state index in [0.717, 1.165) is 18.9 Å². The number of carbonyl (C=O) groups is 1. The third kappa shape index (κ3) is 5.75. The maximum atomic E-state index is 12.4. The standard InChI is InChI=1S/C16H17F4NO3/c1-9(10-2-3-10)21-14(22)7-5-11-4-6-12(23-15(17)18)8-13(11)24-16(19)20/h4-10,15-16H,2-3H2,1H3,(H,21,22)/b7-5+. The lowest BCUT2D eigenvalue weighted by Crippen LogP contribution is -2.32. The van der Waals surface area contributed by atoms with Crippen molar-refractivity contribution >= 4 is 12.0 Å². The van der Waals surface area contributed by atoms with Crippen LogP contribution in [0.25, 0.3) is 6.08 Å². The van der Waals surface area contributed by atoms with E-state index in [0.29, 0.717) is 5.92 Å². The van der Waals surface area contributed by atoms with Crippen LogP contribution >= 0.6 is 0 Å². The molecule has 2 rings (SSSR count). The largest absolute Gasteiger partial charge is 0.435 e. The number of hydrogen-bond acceptors (Lipinski definition) is 3. The molecular weight excluding hydrogens is 330 g/mol. The number of amides is 1. The zero-order valence-corrected chi connectivity index (χ0v) is 12.8. The minimum Gasteiger partial charge on any atom is -0.435 e. The van der Waals surface area contributed by atoms with E-state index in [1.165, 1.54) is 24.3 Å². The topological polar surface area (TPSA) is 47.6 Å². The molecular formula is C16H17F4NO3. The summed E-state index contributed by atoms with van der Waals surface area (Å²) in [6, 6.07) is 3.39. The van der Waals surface area contributed by atoms with Crippen molar-refractivity contribution in [2.45, 2.75) is 39.0 Å². The lowest BCUT2D eigenvalue weighted by molar-refractivity contribution is -0.117. The summed E-state index contributed by atoms with van der Waals surface area (Å²) in [7, 11) is 0. The molecule has 0 aromatic heterocycles. The molecule has 1 saturated carbocycles. The Bertz CT molecular complexity index is 603. The van der Waals surface area contributed by atoms with Gasteiger partial charge in [0.05, 0.1) is 0 Å². The normalized spacial score (nSPS) is 15.8. The van der Waals surface area contributed by atoms with E-state index in [2.05, 4.69) is 14.8 Å². The second kappa shape index (κ2) is 8.03. The maximum absolute atomic E-state index is 12.4. The van der Waals surface area contributed by atoms with Crippen molar-refractivity contribution in [1.82, 2.24) is 5.32 Å². The molecule has 0 heterocycles. The van der Waals surface area contributed by atoms with Crippen LogP contribution in [-0.2, 0) is 4.79 Å². The maximum Gasteiger partial charge on any atom is 0.387 e. The Balaban J connectivity index is 2.08. The van der Waals surface area contributed by atoms with Crippen LogP contribution in [0.3, 0.4) is 0 Å². The van der Waals surface area contributed by atoms with Crippen molar-refractivity contribution in [2.24, 2.45) is 5.92 Å². The molecule has 0 aliphatic heterocycles. The van der Waals surface area contributed by atoms with Gasteiger partial charge in [0.25, 0.3) is 0 Å². The molecule has 24 heavy (non-hydrogen) atoms. The fourth-order valence-corrected chi connectivity index (χ4v) is 2.18. The zero-order valence-electron chi connectivity index (χ0n) is 12.8. The summed E-state index contributed by atoms with van der Waals surface area (Å²) >= 11 is 0. The lowest BCUT2D eigenvalue weighted by Gasteiger charge is -2.12. The smallest absolute Gasteiger partial charge is 0.387 e. The molecule has 1 atom stereocenters. The van der Waals surface area contributed by atoms with Gasteiger partial charge < -0.3 is 14.8 Å². The van der Waals surface area contributed by atoms with Gasteiger partial charge in [-0.15, -0.1) is 0 Å². The lowest BCUT2D eigenvalue weighted by atomic mass is 10.1. The molecule has 4 nitrogen and oxygen atoms in total. The van der Waals surface area contributed by atoms with E-state index in [4.69, 9.17) is 0 Å². The van der Waals surface area contributed by atoms with Crippen LogP contribution in [0.1, 0.15) is 25.3 Å². The molecule has 8 heteroatoms. The molecule has 1 fully saturated rings. The fraction of sp³-hybridized carbons (Fsp3) is 0.438. The highest BCUT2D eigenvalue weighted by atomic mass is 19.3. The summed E-state index contributed by atoms with van der Waals surface area (Å²) in [6.07, 6.45) is 4.60. The van der Waals surface area contributed by atoms with Crippen molar-refractivity contribution in [3.63, 3.8) is 0 Å². The van der Waals surface area contributed by atoms with Crippen molar-refractivity contribution in [1.29, 1.82) is 0 Å². The van der Waals surface area contributed by atoms with Crippen molar-refractivity contribution < 1.29 is 31.8 Å². The number of ether oxygens (including phenoxy) is 2. The van der Waals surface area contributed by atoms with Crippen LogP contribution in [-0.4, -0.2) is 25.2 Å². The first-order chi connectivity index (χ1) is 11.3. The first kappa shape index (κ1) is 18.1. The highest BCUT2D eigenvalue weighted by Gasteiger charge is 2.28. The number of carbonyl (C=O) groups excluding carboxylic acids is 1. The van der Waals surface area contributed by atoms with Gasteiger partial charge in [-0.3, -0.25) is 4.79 Å². The third-order valence-electron chi connectivity index (χ3n) is 3.54. The third-order valence-corrected chi connectivity index (χ3v) is 3.54. The Hall–Kier alpha value is -2.25. The van der Waals surface area contributed by atoms with E-state index in [-0.39, 0.29) is 29.0 Å². The van der Waals surface area contributed by atoms with Crippen LogP contribution in [0.15, 0.2) is 24.3 Å². The summed E-state index contributed by atoms with van der Waals surface area (Å²) < 4.78 is 57.7. The summed E-state index contributed by atoms with van der Waals surface area (Å²) in [4.78, 5) is 11.8. The first-order valence-corrected chi connectivity index (χ1v) is 7.37. The average molecular weight is 347 g/mol. The van der Waals surface area contributed by atoms with Gasteiger partial charge in [-0.05, 0) is 43.9 Å². The molecule has 1 aliphatic carbocycles. The predicted molar refractivity (Wildman–Crippen MR) is 79.1 cm³/mol. The second-order valence-corrected chi connectivity index (χ2v) is 5.42.